The van der Waals surface area contributed by atoms with E-state index in [4.69, 9.17) is 0 Å². The Morgan fingerprint density at radius 1 is 0.741 bits per heavy atom. The molecule has 2 aromatic carbocycles. The Labute approximate surface area is 167 Å². The van der Waals surface area contributed by atoms with Crippen LogP contribution < -0.4 is 0 Å². The van der Waals surface area contributed by atoms with Gasteiger partial charge in [0.25, 0.3) is 0 Å². The third-order valence-electron chi connectivity index (χ3n) is 5.75. The monoisotopic (exact) mass is 470 g/mol. The number of fused-ring (bicyclic) bond motifs is 2. The topological polar surface area (TPSA) is 88.5 Å². The lowest BCUT2D eigenvalue weighted by Gasteiger charge is -2.36. The van der Waals surface area contributed by atoms with E-state index in [1.54, 1.807) is 36.4 Å². The summed E-state index contributed by atoms with van der Waals surface area (Å²) in [6, 6.07) is 15.9. The van der Waals surface area contributed by atoms with Crippen molar-refractivity contribution in [3.8, 4) is 0 Å². The van der Waals surface area contributed by atoms with E-state index in [9.17, 15) is 21.9 Å². The van der Waals surface area contributed by atoms with E-state index in [-0.39, 0.29) is 9.79 Å². The van der Waals surface area contributed by atoms with Gasteiger partial charge in [-0.25, -0.2) is 16.8 Å². The van der Waals surface area contributed by atoms with Gasteiger partial charge in [-0.05, 0) is 36.6 Å². The zero-order valence-electron chi connectivity index (χ0n) is 14.2. The minimum Gasteiger partial charge on any atom is -0.392 e. The quantitative estimate of drug-likeness (QED) is 0.693. The summed E-state index contributed by atoms with van der Waals surface area (Å²) < 4.78 is 53.5. The van der Waals surface area contributed by atoms with Crippen molar-refractivity contribution in [3.63, 3.8) is 0 Å². The maximum atomic E-state index is 13.4. The van der Waals surface area contributed by atoms with Gasteiger partial charge in [0.05, 0.1) is 26.4 Å². The lowest BCUT2D eigenvalue weighted by atomic mass is 9.96. The second-order valence-electron chi connectivity index (χ2n) is 7.14. The first kappa shape index (κ1) is 19.1. The lowest BCUT2D eigenvalue weighted by molar-refractivity contribution is 0.123. The van der Waals surface area contributed by atoms with Crippen LogP contribution in [0.2, 0.25) is 0 Å². The number of hydrogen-bond acceptors (Lipinski definition) is 5. The average Bonchev–Trinajstić information content (AvgIpc) is 3.21. The number of aliphatic hydroxyl groups is 1. The molecule has 0 saturated heterocycles. The number of benzene rings is 2. The molecule has 0 aromatic heterocycles. The smallest absolute Gasteiger partial charge is 0.182 e. The van der Waals surface area contributed by atoms with E-state index in [1.807, 2.05) is 0 Å². The molecule has 8 heteroatoms. The fraction of sp³-hybridized carbons (Fsp3) is 0.368. The first-order chi connectivity index (χ1) is 12.8. The van der Waals surface area contributed by atoms with Gasteiger partial charge < -0.3 is 5.11 Å². The zero-order chi connectivity index (χ0) is 19.4. The summed E-state index contributed by atoms with van der Waals surface area (Å²) in [5.41, 5.74) is 0. The highest BCUT2D eigenvalue weighted by Crippen LogP contribution is 2.54. The summed E-state index contributed by atoms with van der Waals surface area (Å²) >= 11 is 3.41. The van der Waals surface area contributed by atoms with Crippen molar-refractivity contribution in [2.75, 3.05) is 0 Å². The van der Waals surface area contributed by atoms with Crippen molar-refractivity contribution in [2.24, 2.45) is 11.8 Å². The molecular weight excluding hydrogens is 452 g/mol. The highest BCUT2D eigenvalue weighted by atomic mass is 79.9. The maximum Gasteiger partial charge on any atom is 0.182 e. The molecule has 0 heterocycles. The Balaban J connectivity index is 1.87. The second-order valence-corrected chi connectivity index (χ2v) is 12.4. The predicted molar refractivity (Wildman–Crippen MR) is 105 cm³/mol. The second kappa shape index (κ2) is 6.69. The van der Waals surface area contributed by atoms with Crippen LogP contribution in [-0.2, 0) is 19.7 Å². The van der Waals surface area contributed by atoms with Gasteiger partial charge in [0.2, 0.25) is 0 Å². The Bertz CT molecular complexity index is 953. The molecule has 27 heavy (non-hydrogen) atoms. The zero-order valence-corrected chi connectivity index (χ0v) is 17.4. The molecule has 144 valence electrons. The number of halogens is 1. The van der Waals surface area contributed by atoms with Crippen LogP contribution >= 0.6 is 15.9 Å². The molecule has 2 bridgehead atoms. The number of aliphatic hydroxyl groups excluding tert-OH is 1. The fourth-order valence-electron chi connectivity index (χ4n) is 4.55. The number of hydrogen-bond donors (Lipinski definition) is 1. The van der Waals surface area contributed by atoms with E-state index < -0.39 is 52.9 Å². The molecule has 2 aliphatic rings. The lowest BCUT2D eigenvalue weighted by Crippen LogP contribution is -2.52. The standard InChI is InChI=1S/C19H19BrO5S2/c20-16-14-11-15(17(16)21)19(27(24,25)13-9-5-2-6-10-13)18(14)26(22,23)12-7-3-1-4-8-12/h1-10,14-19,21H,11H2. The SMILES string of the molecule is O=S(=O)(c1ccccc1)C1C2CC(C(Br)C2O)C1S(=O)(=O)c1ccccc1. The molecule has 6 unspecified atom stereocenters. The van der Waals surface area contributed by atoms with E-state index >= 15 is 0 Å². The van der Waals surface area contributed by atoms with Gasteiger partial charge in [-0.2, -0.15) is 0 Å². The molecule has 2 aliphatic carbocycles. The number of rotatable bonds is 4. The van der Waals surface area contributed by atoms with Crippen LogP contribution in [0.4, 0.5) is 0 Å². The van der Waals surface area contributed by atoms with Crippen molar-refractivity contribution in [2.45, 2.75) is 37.6 Å². The van der Waals surface area contributed by atoms with Crippen LogP contribution in [0.3, 0.4) is 0 Å². The highest BCUT2D eigenvalue weighted by molar-refractivity contribution is 9.09. The predicted octanol–water partition coefficient (Wildman–Crippen LogP) is 2.45. The van der Waals surface area contributed by atoms with Crippen LogP contribution in [0.15, 0.2) is 70.5 Å². The summed E-state index contributed by atoms with van der Waals surface area (Å²) in [6.07, 6.45) is -0.523. The Hall–Kier alpha value is -1.22. The van der Waals surface area contributed by atoms with E-state index in [0.29, 0.717) is 6.42 Å². The molecule has 0 radical (unpaired) electrons. The van der Waals surface area contributed by atoms with E-state index in [1.165, 1.54) is 24.3 Å². The largest absolute Gasteiger partial charge is 0.392 e. The maximum absolute atomic E-state index is 13.4. The Morgan fingerprint density at radius 2 is 1.15 bits per heavy atom. The molecule has 4 rings (SSSR count). The summed E-state index contributed by atoms with van der Waals surface area (Å²) in [6.45, 7) is 0. The number of alkyl halides is 1. The van der Waals surface area contributed by atoms with Gasteiger partial charge in [-0.1, -0.05) is 52.3 Å². The van der Waals surface area contributed by atoms with E-state index in [0.717, 1.165) is 0 Å². The van der Waals surface area contributed by atoms with Crippen molar-refractivity contribution in [3.05, 3.63) is 60.7 Å². The van der Waals surface area contributed by atoms with Gasteiger partial charge in [0.15, 0.2) is 19.7 Å². The van der Waals surface area contributed by atoms with Crippen molar-refractivity contribution >= 4 is 35.6 Å². The van der Waals surface area contributed by atoms with Crippen LogP contribution in [0.25, 0.3) is 0 Å². The molecule has 2 saturated carbocycles. The molecular formula is C19H19BrO5S2. The molecule has 0 aliphatic heterocycles. The first-order valence-electron chi connectivity index (χ1n) is 8.66. The van der Waals surface area contributed by atoms with Crippen LogP contribution in [0.1, 0.15) is 6.42 Å². The van der Waals surface area contributed by atoms with Crippen LogP contribution in [0, 0.1) is 11.8 Å². The average molecular weight is 471 g/mol. The molecule has 2 fully saturated rings. The van der Waals surface area contributed by atoms with E-state index in [2.05, 4.69) is 15.9 Å². The minimum absolute atomic E-state index is 0.0918. The van der Waals surface area contributed by atoms with Gasteiger partial charge in [-0.15, -0.1) is 0 Å². The van der Waals surface area contributed by atoms with Gasteiger partial charge >= 0.3 is 0 Å². The summed E-state index contributed by atoms with van der Waals surface area (Å²) in [7, 11) is -7.81. The summed E-state index contributed by atoms with van der Waals surface area (Å²) in [5, 5.41) is 8.25. The van der Waals surface area contributed by atoms with Crippen molar-refractivity contribution < 1.29 is 21.9 Å². The summed E-state index contributed by atoms with van der Waals surface area (Å²) in [4.78, 5) is -0.229. The van der Waals surface area contributed by atoms with Crippen LogP contribution in [-0.4, -0.2) is 43.4 Å². The first-order valence-corrected chi connectivity index (χ1v) is 12.7. The number of sulfone groups is 2. The van der Waals surface area contributed by atoms with Gasteiger partial charge in [0, 0.05) is 10.7 Å². The third-order valence-corrected chi connectivity index (χ3v) is 11.7. The molecule has 1 N–H and O–H groups in total. The molecule has 2 aromatic rings. The van der Waals surface area contributed by atoms with Crippen molar-refractivity contribution in [1.29, 1.82) is 0 Å². The third kappa shape index (κ3) is 2.88. The minimum atomic E-state index is -3.93. The van der Waals surface area contributed by atoms with Crippen molar-refractivity contribution in [1.82, 2.24) is 0 Å². The normalized spacial score (nSPS) is 33.3. The van der Waals surface area contributed by atoms with Gasteiger partial charge in [-0.3, -0.25) is 0 Å². The Morgan fingerprint density at radius 3 is 1.59 bits per heavy atom. The molecule has 0 spiro atoms. The molecule has 0 amide bonds. The van der Waals surface area contributed by atoms with Gasteiger partial charge in [0.1, 0.15) is 0 Å². The Kier molecular flexibility index (Phi) is 4.73. The molecule has 5 nitrogen and oxygen atoms in total. The molecule has 6 atom stereocenters. The summed E-state index contributed by atoms with van der Waals surface area (Å²) in [5.74, 6) is -1.08. The fourth-order valence-corrected chi connectivity index (χ4v) is 10.9. The van der Waals surface area contributed by atoms with Crippen LogP contribution in [0.5, 0.6) is 0 Å². The highest BCUT2D eigenvalue weighted by Gasteiger charge is 2.65.